The molecule has 0 saturated heterocycles. The highest BCUT2D eigenvalue weighted by atomic mass is 16.2. The van der Waals surface area contributed by atoms with Gasteiger partial charge in [0.25, 0.3) is 11.7 Å². The summed E-state index contributed by atoms with van der Waals surface area (Å²) in [5.74, 6) is -0.811. The number of nitrogens with zero attached hydrogens (tertiary/aromatic N) is 1. The van der Waals surface area contributed by atoms with E-state index in [2.05, 4.69) is 0 Å². The van der Waals surface area contributed by atoms with E-state index >= 15 is 0 Å². The van der Waals surface area contributed by atoms with Crippen LogP contribution in [0.15, 0.2) is 12.1 Å². The Labute approximate surface area is 112 Å². The van der Waals surface area contributed by atoms with Gasteiger partial charge < -0.3 is 9.69 Å². The molecule has 1 heterocycles. The second-order valence-electron chi connectivity index (χ2n) is 5.01. The molecule has 1 aromatic carbocycles. The van der Waals surface area contributed by atoms with E-state index in [4.69, 9.17) is 0 Å². The average Bonchev–Trinajstić information content (AvgIpc) is 2.59. The second-order valence-corrected chi connectivity index (χ2v) is 5.01. The van der Waals surface area contributed by atoms with E-state index in [0.29, 0.717) is 24.9 Å². The molecule has 100 valence electrons. The smallest absolute Gasteiger partial charge is 0.299 e. The molecule has 0 unspecified atom stereocenters. The first kappa shape index (κ1) is 13.5. The van der Waals surface area contributed by atoms with Crippen LogP contribution in [0.1, 0.15) is 41.3 Å². The number of carbonyl (C=O) groups is 3. The zero-order valence-electron chi connectivity index (χ0n) is 11.4. The Morgan fingerprint density at radius 3 is 2.42 bits per heavy atom. The summed E-state index contributed by atoms with van der Waals surface area (Å²) in [6.07, 6.45) is 1.01. The highest BCUT2D eigenvalue weighted by molar-refractivity contribution is 6.52. The fourth-order valence-electron chi connectivity index (χ4n) is 2.46. The molecule has 1 aliphatic rings. The Bertz CT molecular complexity index is 575. The lowest BCUT2D eigenvalue weighted by molar-refractivity contribution is -0.117. The van der Waals surface area contributed by atoms with Gasteiger partial charge in [0.2, 0.25) is 0 Å². The lowest BCUT2D eigenvalue weighted by atomic mass is 10.0. The first-order chi connectivity index (χ1) is 8.93. The Morgan fingerprint density at radius 1 is 1.16 bits per heavy atom. The summed E-state index contributed by atoms with van der Waals surface area (Å²) in [4.78, 5) is 36.5. The van der Waals surface area contributed by atoms with Gasteiger partial charge in [0, 0.05) is 13.0 Å². The van der Waals surface area contributed by atoms with E-state index < -0.39 is 11.7 Å². The number of carbonyl (C=O) groups excluding carboxylic acids is 3. The molecule has 0 aliphatic carbocycles. The Morgan fingerprint density at radius 2 is 1.79 bits per heavy atom. The third-order valence-electron chi connectivity index (χ3n) is 3.43. The molecule has 0 aromatic heterocycles. The van der Waals surface area contributed by atoms with Crippen molar-refractivity contribution in [1.82, 2.24) is 0 Å². The van der Waals surface area contributed by atoms with Gasteiger partial charge in [-0.25, -0.2) is 0 Å². The van der Waals surface area contributed by atoms with Gasteiger partial charge in [0.15, 0.2) is 0 Å². The van der Waals surface area contributed by atoms with Crippen molar-refractivity contribution in [3.05, 3.63) is 28.8 Å². The zero-order chi connectivity index (χ0) is 14.2. The summed E-state index contributed by atoms with van der Waals surface area (Å²) in [5, 5.41) is 0. The fourth-order valence-corrected chi connectivity index (χ4v) is 2.46. The van der Waals surface area contributed by atoms with Crippen molar-refractivity contribution in [2.45, 2.75) is 33.6 Å². The van der Waals surface area contributed by atoms with E-state index in [9.17, 15) is 14.4 Å². The van der Waals surface area contributed by atoms with Crippen LogP contribution in [-0.2, 0) is 9.59 Å². The maximum absolute atomic E-state index is 12.0. The Kier molecular flexibility index (Phi) is 3.51. The van der Waals surface area contributed by atoms with E-state index in [-0.39, 0.29) is 5.78 Å². The molecule has 0 bridgehead atoms. The van der Waals surface area contributed by atoms with Gasteiger partial charge in [-0.2, -0.15) is 0 Å². The lowest BCUT2D eigenvalue weighted by Gasteiger charge is -2.18. The van der Waals surface area contributed by atoms with Gasteiger partial charge in [-0.05, 0) is 38.3 Å². The molecule has 0 radical (unpaired) electrons. The van der Waals surface area contributed by atoms with Crippen molar-refractivity contribution < 1.29 is 14.4 Å². The molecular formula is C15H17NO3. The van der Waals surface area contributed by atoms with Crippen LogP contribution in [0.5, 0.6) is 0 Å². The van der Waals surface area contributed by atoms with Gasteiger partial charge in [-0.15, -0.1) is 0 Å². The van der Waals surface area contributed by atoms with E-state index in [1.807, 2.05) is 26.0 Å². The first-order valence-corrected chi connectivity index (χ1v) is 6.39. The second kappa shape index (κ2) is 4.96. The molecule has 0 spiro atoms. The van der Waals surface area contributed by atoms with Crippen molar-refractivity contribution >= 4 is 23.2 Å². The van der Waals surface area contributed by atoms with Crippen LogP contribution in [0.4, 0.5) is 5.69 Å². The number of benzene rings is 1. The van der Waals surface area contributed by atoms with Crippen LogP contribution < -0.4 is 4.90 Å². The van der Waals surface area contributed by atoms with Crippen LogP contribution >= 0.6 is 0 Å². The number of rotatable bonds is 4. The quantitative estimate of drug-likeness (QED) is 0.779. The predicted octanol–water partition coefficient (Wildman–Crippen LogP) is 2.20. The Hall–Kier alpha value is -1.97. The molecule has 19 heavy (non-hydrogen) atoms. The predicted molar refractivity (Wildman–Crippen MR) is 72.5 cm³/mol. The summed E-state index contributed by atoms with van der Waals surface area (Å²) >= 11 is 0. The standard InChI is InChI=1S/C15H17NO3/c1-9-6-7-10(2)13-12(9)14(18)15(19)16(13)8-4-5-11(3)17/h6-7H,4-5,8H2,1-3H3. The lowest BCUT2D eigenvalue weighted by Crippen LogP contribution is -2.31. The van der Waals surface area contributed by atoms with Crippen LogP contribution in [-0.4, -0.2) is 24.0 Å². The summed E-state index contributed by atoms with van der Waals surface area (Å²) < 4.78 is 0. The summed E-state index contributed by atoms with van der Waals surface area (Å²) in [7, 11) is 0. The summed E-state index contributed by atoms with van der Waals surface area (Å²) in [6.45, 7) is 5.67. The minimum absolute atomic E-state index is 0.0964. The summed E-state index contributed by atoms with van der Waals surface area (Å²) in [6, 6.07) is 3.77. The minimum Gasteiger partial charge on any atom is -0.304 e. The number of fused-ring (bicyclic) bond motifs is 1. The molecule has 1 amide bonds. The summed E-state index contributed by atoms with van der Waals surface area (Å²) in [5.41, 5.74) is 2.99. The van der Waals surface area contributed by atoms with Crippen LogP contribution in [0, 0.1) is 13.8 Å². The average molecular weight is 259 g/mol. The van der Waals surface area contributed by atoms with Gasteiger partial charge in [-0.3, -0.25) is 9.59 Å². The number of ketones is 2. The molecule has 0 fully saturated rings. The van der Waals surface area contributed by atoms with E-state index in [1.54, 1.807) is 0 Å². The fraction of sp³-hybridized carbons (Fsp3) is 0.400. The van der Waals surface area contributed by atoms with Crippen molar-refractivity contribution in [3.8, 4) is 0 Å². The van der Waals surface area contributed by atoms with E-state index in [1.165, 1.54) is 11.8 Å². The molecule has 1 aliphatic heterocycles. The highest BCUT2D eigenvalue weighted by Gasteiger charge is 2.37. The monoisotopic (exact) mass is 259 g/mol. The van der Waals surface area contributed by atoms with E-state index in [0.717, 1.165) is 16.8 Å². The van der Waals surface area contributed by atoms with Crippen molar-refractivity contribution in [3.63, 3.8) is 0 Å². The SMILES string of the molecule is CC(=O)CCCN1C(=O)C(=O)c2c(C)ccc(C)c21. The van der Waals surface area contributed by atoms with Crippen molar-refractivity contribution in [2.75, 3.05) is 11.4 Å². The normalized spacial score (nSPS) is 13.9. The highest BCUT2D eigenvalue weighted by Crippen LogP contribution is 2.34. The van der Waals surface area contributed by atoms with Gasteiger partial charge in [0.05, 0.1) is 11.3 Å². The number of hydrogen-bond donors (Lipinski definition) is 0. The molecule has 0 atom stereocenters. The first-order valence-electron chi connectivity index (χ1n) is 6.39. The number of hydrogen-bond acceptors (Lipinski definition) is 3. The topological polar surface area (TPSA) is 54.5 Å². The molecular weight excluding hydrogens is 242 g/mol. The minimum atomic E-state index is -0.476. The molecule has 0 saturated carbocycles. The Balaban J connectivity index is 2.33. The zero-order valence-corrected chi connectivity index (χ0v) is 11.4. The molecule has 2 rings (SSSR count). The number of aryl methyl sites for hydroxylation is 2. The maximum atomic E-state index is 12.0. The van der Waals surface area contributed by atoms with Crippen LogP contribution in [0.2, 0.25) is 0 Å². The van der Waals surface area contributed by atoms with Crippen molar-refractivity contribution in [1.29, 1.82) is 0 Å². The third kappa shape index (κ3) is 2.30. The van der Waals surface area contributed by atoms with Crippen molar-refractivity contribution in [2.24, 2.45) is 0 Å². The third-order valence-corrected chi connectivity index (χ3v) is 3.43. The molecule has 1 aromatic rings. The largest absolute Gasteiger partial charge is 0.304 e. The van der Waals surface area contributed by atoms with Gasteiger partial charge in [0.1, 0.15) is 5.78 Å². The molecule has 0 N–H and O–H groups in total. The van der Waals surface area contributed by atoms with Crippen LogP contribution in [0.25, 0.3) is 0 Å². The molecule has 4 nitrogen and oxygen atoms in total. The van der Waals surface area contributed by atoms with Gasteiger partial charge >= 0.3 is 0 Å². The van der Waals surface area contributed by atoms with Gasteiger partial charge in [-0.1, -0.05) is 12.1 Å². The molecule has 4 heteroatoms. The number of amides is 1. The maximum Gasteiger partial charge on any atom is 0.299 e. The number of Topliss-reactive ketones (excluding diaryl/α,β-unsaturated/α-hetero) is 2. The van der Waals surface area contributed by atoms with Crippen LogP contribution in [0.3, 0.4) is 0 Å². The number of anilines is 1.